The van der Waals surface area contributed by atoms with Crippen LogP contribution in [0.5, 0.6) is 5.75 Å². The second kappa shape index (κ2) is 8.62. The number of amides is 2. The zero-order chi connectivity index (χ0) is 24.1. The van der Waals surface area contributed by atoms with Crippen LogP contribution in [0.15, 0.2) is 34.8 Å². The molecule has 2 saturated carbocycles. The predicted octanol–water partition coefficient (Wildman–Crippen LogP) is 5.56. The van der Waals surface area contributed by atoms with Crippen molar-refractivity contribution in [1.29, 1.82) is 5.26 Å². The maximum absolute atomic E-state index is 14.3. The average molecular weight is 576 g/mol. The lowest BCUT2D eigenvalue weighted by Crippen LogP contribution is -2.35. The van der Waals surface area contributed by atoms with Gasteiger partial charge in [0.1, 0.15) is 9.87 Å². The highest BCUT2D eigenvalue weighted by molar-refractivity contribution is 9.10. The van der Waals surface area contributed by atoms with Gasteiger partial charge < -0.3 is 15.4 Å². The first-order chi connectivity index (χ1) is 15.5. The Kier molecular flexibility index (Phi) is 6.29. The van der Waals surface area contributed by atoms with Crippen LogP contribution in [0.4, 0.5) is 10.1 Å². The summed E-state index contributed by atoms with van der Waals surface area (Å²) in [5.74, 6) is -3.11. The summed E-state index contributed by atoms with van der Waals surface area (Å²) in [5.41, 5.74) is -0.00638. The Morgan fingerprint density at radius 2 is 1.97 bits per heavy atom. The van der Waals surface area contributed by atoms with Crippen LogP contribution in [0.1, 0.15) is 34.7 Å². The van der Waals surface area contributed by atoms with Crippen LogP contribution in [-0.2, 0) is 4.79 Å². The Hall–Kier alpha value is -2.05. The Labute approximate surface area is 212 Å². The highest BCUT2D eigenvalue weighted by Crippen LogP contribution is 2.65. The summed E-state index contributed by atoms with van der Waals surface area (Å²) in [4.78, 5) is 25.5. The molecule has 0 aromatic heterocycles. The molecule has 0 radical (unpaired) electrons. The molecule has 11 heteroatoms. The maximum Gasteiger partial charge on any atom is 0.254 e. The van der Waals surface area contributed by atoms with Gasteiger partial charge in [-0.15, -0.1) is 23.2 Å². The number of hydrogen-bond donors (Lipinski definition) is 2. The largest absolute Gasteiger partial charge is 0.492 e. The van der Waals surface area contributed by atoms with Crippen molar-refractivity contribution in [2.24, 2.45) is 5.92 Å². The van der Waals surface area contributed by atoms with Gasteiger partial charge in [-0.1, -0.05) is 11.6 Å². The number of rotatable bonds is 6. The van der Waals surface area contributed by atoms with Gasteiger partial charge in [-0.25, -0.2) is 4.39 Å². The molecule has 0 unspecified atom stereocenters. The zero-order valence-corrected chi connectivity index (χ0v) is 20.9. The number of anilines is 1. The van der Waals surface area contributed by atoms with Crippen molar-refractivity contribution in [3.63, 3.8) is 0 Å². The van der Waals surface area contributed by atoms with E-state index in [0.717, 1.165) is 0 Å². The summed E-state index contributed by atoms with van der Waals surface area (Å²) < 4.78 is 18.2. The summed E-state index contributed by atoms with van der Waals surface area (Å²) in [6.45, 7) is 0. The summed E-state index contributed by atoms with van der Waals surface area (Å²) >= 11 is 22.1. The van der Waals surface area contributed by atoms with Crippen molar-refractivity contribution in [1.82, 2.24) is 5.32 Å². The van der Waals surface area contributed by atoms with E-state index in [4.69, 9.17) is 39.5 Å². The van der Waals surface area contributed by atoms with Gasteiger partial charge in [-0.2, -0.15) is 5.26 Å². The minimum atomic E-state index is -1.44. The van der Waals surface area contributed by atoms with E-state index in [1.54, 1.807) is 6.07 Å². The SMILES string of the molecule is COc1c(F)cc([C@@H]2[C@@H](C(=O)Nc3ccc(Cl)c(C(=O)NC4(C#N)CC4)c3)C2(Cl)Cl)cc1Br. The third kappa shape index (κ3) is 4.52. The van der Waals surface area contributed by atoms with Gasteiger partial charge in [-0.3, -0.25) is 9.59 Å². The average Bonchev–Trinajstić information content (AvgIpc) is 3.64. The number of methoxy groups -OCH3 is 1. The summed E-state index contributed by atoms with van der Waals surface area (Å²) in [6, 6.07) is 9.31. The Morgan fingerprint density at radius 1 is 1.27 bits per heavy atom. The zero-order valence-electron chi connectivity index (χ0n) is 17.0. The van der Waals surface area contributed by atoms with Crippen molar-refractivity contribution < 1.29 is 18.7 Å². The third-order valence-electron chi connectivity index (χ3n) is 5.72. The number of nitrogens with one attached hydrogen (secondary N) is 2. The summed E-state index contributed by atoms with van der Waals surface area (Å²) in [6.07, 6.45) is 1.14. The number of halogens is 5. The van der Waals surface area contributed by atoms with E-state index in [1.165, 1.54) is 31.4 Å². The van der Waals surface area contributed by atoms with Crippen LogP contribution < -0.4 is 15.4 Å². The fourth-order valence-corrected chi connectivity index (χ4v) is 5.34. The maximum atomic E-state index is 14.3. The molecule has 2 aromatic carbocycles. The van der Waals surface area contributed by atoms with Gasteiger partial charge in [0, 0.05) is 11.6 Å². The number of nitriles is 1. The second-order valence-electron chi connectivity index (χ2n) is 7.98. The lowest BCUT2D eigenvalue weighted by atomic mass is 10.1. The van der Waals surface area contributed by atoms with Crippen LogP contribution in [0.25, 0.3) is 0 Å². The standard InChI is InChI=1S/C22H16BrCl3FN3O3/c1-33-18-13(23)6-10(7-15(18)27)16-17(22(16,25)26)20(32)29-11-2-3-14(24)12(8-11)19(31)30-21(9-28)4-5-21/h2-3,6-8,16-17H,4-5H2,1H3,(H,29,32)(H,30,31)/t16-,17+/m1/s1. The number of ether oxygens (including phenoxy) is 1. The molecule has 172 valence electrons. The topological polar surface area (TPSA) is 91.2 Å². The first kappa shape index (κ1) is 24.1. The molecule has 6 nitrogen and oxygen atoms in total. The molecule has 0 bridgehead atoms. The second-order valence-corrected chi connectivity index (χ2v) is 10.7. The molecule has 2 aromatic rings. The third-order valence-corrected chi connectivity index (χ3v) is 7.57. The number of nitrogens with zero attached hydrogens (tertiary/aromatic N) is 1. The fraction of sp³-hybridized carbons (Fsp3) is 0.318. The lowest BCUT2D eigenvalue weighted by molar-refractivity contribution is -0.117. The minimum absolute atomic E-state index is 0.0338. The van der Waals surface area contributed by atoms with Crippen LogP contribution in [0, 0.1) is 23.1 Å². The molecule has 2 aliphatic rings. The summed E-state index contributed by atoms with van der Waals surface area (Å²) in [7, 11) is 1.34. The van der Waals surface area contributed by atoms with E-state index in [0.29, 0.717) is 28.6 Å². The van der Waals surface area contributed by atoms with Gasteiger partial charge >= 0.3 is 0 Å². The number of benzene rings is 2. The van der Waals surface area contributed by atoms with Gasteiger partial charge in [0.2, 0.25) is 5.91 Å². The number of carbonyl (C=O) groups is 2. The molecule has 33 heavy (non-hydrogen) atoms. The van der Waals surface area contributed by atoms with E-state index in [2.05, 4.69) is 32.6 Å². The van der Waals surface area contributed by atoms with E-state index < -0.39 is 39.3 Å². The van der Waals surface area contributed by atoms with E-state index >= 15 is 0 Å². The Bertz CT molecular complexity index is 1190. The molecule has 2 aliphatic carbocycles. The van der Waals surface area contributed by atoms with Gasteiger partial charge in [0.25, 0.3) is 5.91 Å². The number of hydrogen-bond acceptors (Lipinski definition) is 4. The number of alkyl halides is 2. The normalized spacial score (nSPS) is 21.5. The first-order valence-corrected chi connectivity index (χ1v) is 11.7. The summed E-state index contributed by atoms with van der Waals surface area (Å²) in [5, 5.41) is 14.7. The monoisotopic (exact) mass is 573 g/mol. The molecule has 2 fully saturated rings. The van der Waals surface area contributed by atoms with E-state index in [-0.39, 0.29) is 16.3 Å². The van der Waals surface area contributed by atoms with Crippen LogP contribution in [0.2, 0.25) is 5.02 Å². The van der Waals surface area contributed by atoms with Crippen molar-refractivity contribution in [3.8, 4) is 11.8 Å². The van der Waals surface area contributed by atoms with Gasteiger partial charge in [0.15, 0.2) is 11.6 Å². The molecule has 0 heterocycles. The molecule has 0 aliphatic heterocycles. The van der Waals surface area contributed by atoms with Crippen molar-refractivity contribution >= 4 is 68.2 Å². The molecule has 2 amide bonds. The van der Waals surface area contributed by atoms with E-state index in [1.807, 2.05) is 0 Å². The van der Waals surface area contributed by atoms with Gasteiger partial charge in [-0.05, 0) is 64.7 Å². The quantitative estimate of drug-likeness (QED) is 0.441. The Balaban J connectivity index is 1.52. The Morgan fingerprint density at radius 3 is 2.55 bits per heavy atom. The lowest BCUT2D eigenvalue weighted by Gasteiger charge is -2.12. The highest BCUT2D eigenvalue weighted by atomic mass is 79.9. The molecular weight excluding hydrogens is 560 g/mol. The first-order valence-electron chi connectivity index (χ1n) is 9.78. The fourth-order valence-electron chi connectivity index (χ4n) is 3.69. The van der Waals surface area contributed by atoms with Crippen molar-refractivity contribution in [2.45, 2.75) is 28.6 Å². The van der Waals surface area contributed by atoms with Crippen LogP contribution >= 0.6 is 50.7 Å². The van der Waals surface area contributed by atoms with Crippen LogP contribution in [-0.4, -0.2) is 28.8 Å². The minimum Gasteiger partial charge on any atom is -0.492 e. The predicted molar refractivity (Wildman–Crippen MR) is 126 cm³/mol. The molecule has 4 rings (SSSR count). The van der Waals surface area contributed by atoms with Crippen molar-refractivity contribution in [2.75, 3.05) is 12.4 Å². The molecule has 2 atom stereocenters. The number of carbonyl (C=O) groups excluding carboxylic acids is 2. The van der Waals surface area contributed by atoms with Gasteiger partial charge in [0.05, 0.1) is 34.2 Å². The molecular formula is C22H16BrCl3FN3O3. The molecule has 0 spiro atoms. The van der Waals surface area contributed by atoms with Crippen molar-refractivity contribution in [3.05, 3.63) is 56.8 Å². The smallest absolute Gasteiger partial charge is 0.254 e. The molecule has 2 N–H and O–H groups in total. The van der Waals surface area contributed by atoms with Crippen LogP contribution in [0.3, 0.4) is 0 Å². The molecule has 0 saturated heterocycles. The van der Waals surface area contributed by atoms with E-state index in [9.17, 15) is 19.2 Å². The highest BCUT2D eigenvalue weighted by Gasteiger charge is 2.67.